The molecular formula is C37H23N3O2. The second kappa shape index (κ2) is 8.66. The summed E-state index contributed by atoms with van der Waals surface area (Å²) < 4.78 is 38.6. The first kappa shape index (κ1) is 20.2. The van der Waals surface area contributed by atoms with E-state index in [9.17, 15) is 0 Å². The Balaban J connectivity index is 1.38. The highest BCUT2D eigenvalue weighted by molar-refractivity contribution is 6.15. The van der Waals surface area contributed by atoms with Crippen LogP contribution >= 0.6 is 0 Å². The molecule has 42 heavy (non-hydrogen) atoms. The van der Waals surface area contributed by atoms with E-state index in [1.54, 1.807) is 12.1 Å². The molecule has 0 saturated heterocycles. The van der Waals surface area contributed by atoms with Crippen LogP contribution in [0.25, 0.3) is 83.2 Å². The number of aromatic nitrogens is 3. The van der Waals surface area contributed by atoms with Crippen LogP contribution in [0, 0.1) is 6.85 Å². The maximum absolute atomic E-state index is 7.83. The second-order valence-electron chi connectivity index (χ2n) is 10.4. The summed E-state index contributed by atoms with van der Waals surface area (Å²) >= 11 is 0. The van der Waals surface area contributed by atoms with Gasteiger partial charge in [0.1, 0.15) is 22.6 Å². The first-order valence-electron chi connectivity index (χ1n) is 15.3. The zero-order valence-electron chi connectivity index (χ0n) is 25.2. The highest BCUT2D eigenvalue weighted by atomic mass is 16.3. The lowest BCUT2D eigenvalue weighted by Crippen LogP contribution is -1.99. The SMILES string of the molecule is [2H]C([2H])([2H])c1ccc2c(n1)oc1c(-c3nc4ccccc4n3-c3ccc(-c4ccccc4)c4oc5ccccc5c34)cccc12. The van der Waals surface area contributed by atoms with Gasteiger partial charge >= 0.3 is 0 Å². The molecule has 0 amide bonds. The van der Waals surface area contributed by atoms with Crippen molar-refractivity contribution in [1.82, 2.24) is 14.5 Å². The van der Waals surface area contributed by atoms with Crippen LogP contribution in [0.4, 0.5) is 0 Å². The lowest BCUT2D eigenvalue weighted by Gasteiger charge is -2.13. The Morgan fingerprint density at radius 2 is 1.45 bits per heavy atom. The lowest BCUT2D eigenvalue weighted by atomic mass is 10.0. The molecule has 0 saturated carbocycles. The van der Waals surface area contributed by atoms with E-state index in [4.69, 9.17) is 17.9 Å². The third kappa shape index (κ3) is 3.25. The minimum absolute atomic E-state index is 0.00409. The molecule has 4 aromatic heterocycles. The van der Waals surface area contributed by atoms with Crippen molar-refractivity contribution in [3.05, 3.63) is 127 Å². The molecular weight excluding hydrogens is 518 g/mol. The summed E-state index contributed by atoms with van der Waals surface area (Å²) in [5, 5.41) is 3.58. The second-order valence-corrected chi connectivity index (χ2v) is 10.4. The molecule has 4 heterocycles. The number of hydrogen-bond donors (Lipinski definition) is 0. The van der Waals surface area contributed by atoms with E-state index >= 15 is 0 Å². The Kier molecular flexibility index (Phi) is 4.17. The van der Waals surface area contributed by atoms with E-state index in [2.05, 4.69) is 45.9 Å². The smallest absolute Gasteiger partial charge is 0.227 e. The van der Waals surface area contributed by atoms with E-state index in [1.165, 1.54) is 0 Å². The van der Waals surface area contributed by atoms with Crippen LogP contribution < -0.4 is 0 Å². The molecule has 0 aliphatic rings. The summed E-state index contributed by atoms with van der Waals surface area (Å²) in [5.74, 6) is 0.691. The Labute approximate surface area is 244 Å². The molecule has 0 atom stereocenters. The molecule has 5 aromatic carbocycles. The van der Waals surface area contributed by atoms with Gasteiger partial charge in [0.05, 0.1) is 27.7 Å². The topological polar surface area (TPSA) is 57.0 Å². The molecule has 0 N–H and O–H groups in total. The lowest BCUT2D eigenvalue weighted by molar-refractivity contribution is 0.653. The summed E-state index contributed by atoms with van der Waals surface area (Å²) in [6, 6.07) is 39.9. The van der Waals surface area contributed by atoms with E-state index in [0.29, 0.717) is 11.4 Å². The molecule has 0 aliphatic heterocycles. The Morgan fingerprint density at radius 3 is 2.38 bits per heavy atom. The minimum Gasteiger partial charge on any atom is -0.455 e. The van der Waals surface area contributed by atoms with Crippen LogP contribution in [-0.4, -0.2) is 14.5 Å². The van der Waals surface area contributed by atoms with Crippen molar-refractivity contribution in [2.45, 2.75) is 6.85 Å². The van der Waals surface area contributed by atoms with Crippen molar-refractivity contribution in [1.29, 1.82) is 0 Å². The highest BCUT2D eigenvalue weighted by Crippen LogP contribution is 2.43. The predicted molar refractivity (Wildman–Crippen MR) is 169 cm³/mol. The van der Waals surface area contributed by atoms with E-state index in [-0.39, 0.29) is 11.4 Å². The van der Waals surface area contributed by atoms with Crippen molar-refractivity contribution in [3.8, 4) is 28.2 Å². The maximum Gasteiger partial charge on any atom is 0.227 e. The number of furan rings is 2. The van der Waals surface area contributed by atoms with Gasteiger partial charge in [-0.3, -0.25) is 4.57 Å². The molecule has 9 rings (SSSR count). The monoisotopic (exact) mass is 544 g/mol. The van der Waals surface area contributed by atoms with Gasteiger partial charge in [-0.2, -0.15) is 0 Å². The van der Waals surface area contributed by atoms with Crippen LogP contribution in [0.15, 0.2) is 130 Å². The van der Waals surface area contributed by atoms with E-state index in [1.807, 2.05) is 72.8 Å². The number of aryl methyl sites for hydroxylation is 1. The zero-order chi connectivity index (χ0) is 30.3. The average Bonchev–Trinajstić information content (AvgIpc) is 3.75. The quantitative estimate of drug-likeness (QED) is 0.222. The fourth-order valence-corrected chi connectivity index (χ4v) is 6.15. The number of fused-ring (bicyclic) bond motifs is 7. The zero-order valence-corrected chi connectivity index (χ0v) is 22.2. The highest BCUT2D eigenvalue weighted by Gasteiger charge is 2.23. The van der Waals surface area contributed by atoms with Crippen molar-refractivity contribution in [2.75, 3.05) is 0 Å². The number of rotatable bonds is 3. The van der Waals surface area contributed by atoms with Gasteiger partial charge < -0.3 is 8.83 Å². The van der Waals surface area contributed by atoms with Crippen LogP contribution in [0.1, 0.15) is 9.81 Å². The number of benzene rings is 5. The van der Waals surface area contributed by atoms with Gasteiger partial charge in [-0.25, -0.2) is 9.97 Å². The first-order valence-corrected chi connectivity index (χ1v) is 13.8. The van der Waals surface area contributed by atoms with Gasteiger partial charge in [-0.1, -0.05) is 72.8 Å². The van der Waals surface area contributed by atoms with Crippen molar-refractivity contribution in [2.24, 2.45) is 0 Å². The van der Waals surface area contributed by atoms with Gasteiger partial charge in [0.2, 0.25) is 5.71 Å². The fourth-order valence-electron chi connectivity index (χ4n) is 6.15. The minimum atomic E-state index is -2.34. The molecule has 0 spiro atoms. The molecule has 0 aliphatic carbocycles. The third-order valence-corrected chi connectivity index (χ3v) is 8.00. The largest absolute Gasteiger partial charge is 0.455 e. The van der Waals surface area contributed by atoms with E-state index < -0.39 is 6.85 Å². The van der Waals surface area contributed by atoms with Gasteiger partial charge in [-0.15, -0.1) is 0 Å². The Hall–Kier alpha value is -5.68. The van der Waals surface area contributed by atoms with Crippen LogP contribution in [0.5, 0.6) is 0 Å². The molecule has 0 bridgehead atoms. The van der Waals surface area contributed by atoms with Gasteiger partial charge in [0, 0.05) is 31.5 Å². The number of imidazole rings is 1. The molecule has 0 fully saturated rings. The van der Waals surface area contributed by atoms with Gasteiger partial charge in [0.15, 0.2) is 0 Å². The normalized spacial score (nSPS) is 13.3. The summed E-state index contributed by atoms with van der Waals surface area (Å²) in [6.45, 7) is -2.34. The van der Waals surface area contributed by atoms with Crippen molar-refractivity contribution < 1.29 is 12.9 Å². The number of para-hydroxylation sites is 4. The number of hydrogen-bond acceptors (Lipinski definition) is 4. The average molecular weight is 545 g/mol. The van der Waals surface area contributed by atoms with Crippen LogP contribution in [-0.2, 0) is 0 Å². The molecule has 5 heteroatoms. The number of nitrogens with zero attached hydrogens (tertiary/aromatic N) is 3. The fraction of sp³-hybridized carbons (Fsp3) is 0.0270. The molecule has 0 radical (unpaired) electrons. The van der Waals surface area contributed by atoms with Crippen LogP contribution in [0.2, 0.25) is 0 Å². The maximum atomic E-state index is 7.83. The summed E-state index contributed by atoms with van der Waals surface area (Å²) in [6.07, 6.45) is 0. The third-order valence-electron chi connectivity index (χ3n) is 8.00. The number of pyridine rings is 1. The van der Waals surface area contributed by atoms with Crippen molar-refractivity contribution in [3.63, 3.8) is 0 Å². The van der Waals surface area contributed by atoms with Crippen molar-refractivity contribution >= 4 is 55.0 Å². The summed E-state index contributed by atoms with van der Waals surface area (Å²) in [5.41, 5.74) is 8.00. The summed E-state index contributed by atoms with van der Waals surface area (Å²) in [4.78, 5) is 9.53. The first-order chi connectivity index (χ1) is 22.0. The Morgan fingerprint density at radius 1 is 0.619 bits per heavy atom. The summed E-state index contributed by atoms with van der Waals surface area (Å²) in [7, 11) is 0. The van der Waals surface area contributed by atoms with E-state index in [0.717, 1.165) is 66.1 Å². The van der Waals surface area contributed by atoms with Gasteiger partial charge in [-0.05, 0) is 60.9 Å². The molecule has 0 unspecified atom stereocenters. The Bertz CT molecular complexity index is 2590. The molecule has 9 aromatic rings. The standard InChI is InChI=1S/C37H23N3O2/c1-22-18-19-26-25-13-9-14-28(34(25)42-37(26)38-22)36-39-29-15-6-7-16-30(29)40(36)31-21-20-24(23-10-3-2-4-11-23)35-33(31)27-12-5-8-17-32(27)41-35/h2-21H,1H3/i1D3. The van der Waals surface area contributed by atoms with Gasteiger partial charge in [0.25, 0.3) is 0 Å². The van der Waals surface area contributed by atoms with Crippen LogP contribution in [0.3, 0.4) is 0 Å². The predicted octanol–water partition coefficient (Wildman–Crippen LogP) is 9.86. The molecule has 5 nitrogen and oxygen atoms in total. The molecule has 198 valence electrons.